The molecule has 0 bridgehead atoms. The first kappa shape index (κ1) is 22.4. The number of carbonyl (C=O) groups is 1. The predicted molar refractivity (Wildman–Crippen MR) is 143 cm³/mol. The third kappa shape index (κ3) is 4.16. The predicted octanol–water partition coefficient (Wildman–Crippen LogP) is 6.14. The number of para-hydroxylation sites is 1. The zero-order chi connectivity index (χ0) is 23.8. The standard InChI is InChI=1S/C30H35N3O2/c34-30(35)23-13-14-24-27(21-23)33-20-19-32(18-17-31-15-7-2-8-16-31)26-12-6-5-11-25(26)29(33)28(24)22-9-3-1-4-10-22/h2,5-7,11-14,21-22H,1,3-4,8-10,15-20H2,(H,34,35). The topological polar surface area (TPSA) is 48.7 Å². The Labute approximate surface area is 207 Å². The molecule has 2 aromatic carbocycles. The molecule has 1 aliphatic carbocycles. The highest BCUT2D eigenvalue weighted by molar-refractivity contribution is 5.99. The van der Waals surface area contributed by atoms with E-state index in [-0.39, 0.29) is 0 Å². The molecule has 3 aromatic rings. The molecule has 6 rings (SSSR count). The molecule has 1 N–H and O–H groups in total. The second-order valence-corrected chi connectivity index (χ2v) is 10.4. The van der Waals surface area contributed by atoms with Gasteiger partial charge in [0.05, 0.1) is 11.3 Å². The Hall–Kier alpha value is -3.05. The van der Waals surface area contributed by atoms with Gasteiger partial charge in [-0.3, -0.25) is 4.90 Å². The van der Waals surface area contributed by atoms with Gasteiger partial charge in [-0.25, -0.2) is 4.79 Å². The van der Waals surface area contributed by atoms with Crippen LogP contribution in [0, 0.1) is 0 Å². The average molecular weight is 470 g/mol. The quantitative estimate of drug-likeness (QED) is 0.456. The van der Waals surface area contributed by atoms with E-state index in [9.17, 15) is 9.90 Å². The fourth-order valence-electron chi connectivity index (χ4n) is 6.51. The van der Waals surface area contributed by atoms with Gasteiger partial charge in [-0.15, -0.1) is 0 Å². The van der Waals surface area contributed by atoms with Crippen LogP contribution in [0.1, 0.15) is 60.4 Å². The molecule has 3 heterocycles. The lowest BCUT2D eigenvalue weighted by molar-refractivity contribution is 0.0697. The maximum atomic E-state index is 11.8. The van der Waals surface area contributed by atoms with Crippen LogP contribution in [-0.2, 0) is 6.54 Å². The molecular weight excluding hydrogens is 434 g/mol. The van der Waals surface area contributed by atoms with Crippen molar-refractivity contribution in [1.29, 1.82) is 0 Å². The molecule has 0 atom stereocenters. The normalized spacial score (nSPS) is 18.9. The number of hydrogen-bond acceptors (Lipinski definition) is 3. The molecule has 0 radical (unpaired) electrons. The van der Waals surface area contributed by atoms with E-state index in [2.05, 4.69) is 56.9 Å². The summed E-state index contributed by atoms with van der Waals surface area (Å²) in [5.41, 5.74) is 6.86. The summed E-state index contributed by atoms with van der Waals surface area (Å²) in [7, 11) is 0. The lowest BCUT2D eigenvalue weighted by atomic mass is 9.81. The molecule has 2 aliphatic heterocycles. The van der Waals surface area contributed by atoms with Crippen LogP contribution in [0.15, 0.2) is 54.6 Å². The lowest BCUT2D eigenvalue weighted by Crippen LogP contribution is -2.37. The first-order valence-corrected chi connectivity index (χ1v) is 13.3. The van der Waals surface area contributed by atoms with Crippen LogP contribution < -0.4 is 4.90 Å². The van der Waals surface area contributed by atoms with Crippen molar-refractivity contribution < 1.29 is 9.90 Å². The van der Waals surface area contributed by atoms with Crippen molar-refractivity contribution >= 4 is 22.6 Å². The summed E-state index contributed by atoms with van der Waals surface area (Å²) in [5.74, 6) is -0.314. The number of fused-ring (bicyclic) bond motifs is 5. The summed E-state index contributed by atoms with van der Waals surface area (Å²) < 4.78 is 2.44. The molecule has 0 amide bonds. The van der Waals surface area contributed by atoms with Gasteiger partial charge in [-0.2, -0.15) is 0 Å². The zero-order valence-corrected chi connectivity index (χ0v) is 20.5. The van der Waals surface area contributed by atoms with Gasteiger partial charge in [0.2, 0.25) is 0 Å². The molecule has 3 aliphatic rings. The maximum absolute atomic E-state index is 11.8. The Kier molecular flexibility index (Phi) is 6.11. The van der Waals surface area contributed by atoms with Crippen LogP contribution >= 0.6 is 0 Å². The average Bonchev–Trinajstić information content (AvgIpc) is 3.14. The lowest BCUT2D eigenvalue weighted by Gasteiger charge is -2.30. The highest BCUT2D eigenvalue weighted by atomic mass is 16.4. The van der Waals surface area contributed by atoms with Gasteiger partial charge >= 0.3 is 5.97 Å². The number of rotatable bonds is 5. The summed E-state index contributed by atoms with van der Waals surface area (Å²) in [4.78, 5) is 16.9. The summed E-state index contributed by atoms with van der Waals surface area (Å²) in [6.45, 7) is 6.05. The third-order valence-corrected chi connectivity index (χ3v) is 8.29. The molecule has 5 nitrogen and oxygen atoms in total. The number of hydrogen-bond donors (Lipinski definition) is 1. The van der Waals surface area contributed by atoms with Gasteiger partial charge in [-0.1, -0.05) is 55.7 Å². The molecule has 35 heavy (non-hydrogen) atoms. The van der Waals surface area contributed by atoms with Gasteiger partial charge in [0.15, 0.2) is 0 Å². The number of benzene rings is 2. The van der Waals surface area contributed by atoms with E-state index in [4.69, 9.17) is 0 Å². The largest absolute Gasteiger partial charge is 0.478 e. The number of anilines is 1. The van der Waals surface area contributed by atoms with Gasteiger partial charge in [0.1, 0.15) is 0 Å². The Balaban J connectivity index is 1.47. The van der Waals surface area contributed by atoms with Crippen molar-refractivity contribution in [2.24, 2.45) is 0 Å². The van der Waals surface area contributed by atoms with E-state index in [0.29, 0.717) is 11.5 Å². The highest BCUT2D eigenvalue weighted by Gasteiger charge is 2.30. The Morgan fingerprint density at radius 2 is 1.80 bits per heavy atom. The smallest absolute Gasteiger partial charge is 0.335 e. The van der Waals surface area contributed by atoms with Crippen molar-refractivity contribution in [3.63, 3.8) is 0 Å². The minimum Gasteiger partial charge on any atom is -0.478 e. The Bertz CT molecular complexity index is 1270. The monoisotopic (exact) mass is 469 g/mol. The number of aromatic nitrogens is 1. The molecule has 1 saturated carbocycles. The van der Waals surface area contributed by atoms with Crippen LogP contribution in [-0.4, -0.2) is 53.3 Å². The summed E-state index contributed by atoms with van der Waals surface area (Å²) >= 11 is 0. The van der Waals surface area contributed by atoms with Crippen LogP contribution in [0.5, 0.6) is 0 Å². The van der Waals surface area contributed by atoms with Crippen LogP contribution in [0.2, 0.25) is 0 Å². The van der Waals surface area contributed by atoms with Crippen LogP contribution in [0.3, 0.4) is 0 Å². The molecular formula is C30H35N3O2. The molecule has 0 spiro atoms. The molecule has 1 aromatic heterocycles. The second kappa shape index (κ2) is 9.54. The van der Waals surface area contributed by atoms with Crippen LogP contribution in [0.4, 0.5) is 5.69 Å². The van der Waals surface area contributed by atoms with Gasteiger partial charge in [0.25, 0.3) is 0 Å². The fraction of sp³-hybridized carbons (Fsp3) is 0.433. The van der Waals surface area contributed by atoms with Gasteiger partial charge in [0, 0.05) is 61.4 Å². The fourth-order valence-corrected chi connectivity index (χ4v) is 6.51. The minimum atomic E-state index is -0.854. The van der Waals surface area contributed by atoms with E-state index in [0.717, 1.165) is 51.2 Å². The van der Waals surface area contributed by atoms with Crippen molar-refractivity contribution in [3.05, 3.63) is 65.7 Å². The van der Waals surface area contributed by atoms with Crippen molar-refractivity contribution in [3.8, 4) is 11.3 Å². The summed E-state index contributed by atoms with van der Waals surface area (Å²) in [5, 5.41) is 11.0. The first-order valence-electron chi connectivity index (χ1n) is 13.3. The first-order chi connectivity index (χ1) is 17.2. The Morgan fingerprint density at radius 3 is 2.60 bits per heavy atom. The van der Waals surface area contributed by atoms with Crippen LogP contribution in [0.25, 0.3) is 22.2 Å². The summed E-state index contributed by atoms with van der Waals surface area (Å²) in [6.07, 6.45) is 12.0. The van der Waals surface area contributed by atoms with Gasteiger partial charge < -0.3 is 14.6 Å². The number of aromatic carboxylic acids is 1. The third-order valence-electron chi connectivity index (χ3n) is 8.29. The van der Waals surface area contributed by atoms with E-state index >= 15 is 0 Å². The Morgan fingerprint density at radius 1 is 0.943 bits per heavy atom. The highest BCUT2D eigenvalue weighted by Crippen LogP contribution is 2.47. The van der Waals surface area contributed by atoms with Crippen molar-refractivity contribution in [2.75, 3.05) is 37.6 Å². The molecule has 0 unspecified atom stereocenters. The number of nitrogens with zero attached hydrogens (tertiary/aromatic N) is 3. The zero-order valence-electron chi connectivity index (χ0n) is 20.5. The second-order valence-electron chi connectivity index (χ2n) is 10.4. The van der Waals surface area contributed by atoms with E-state index in [1.54, 1.807) is 6.07 Å². The van der Waals surface area contributed by atoms with Crippen molar-refractivity contribution in [2.45, 2.75) is 51.0 Å². The molecule has 0 saturated heterocycles. The van der Waals surface area contributed by atoms with E-state index in [1.807, 2.05) is 6.07 Å². The maximum Gasteiger partial charge on any atom is 0.335 e. The molecule has 5 heteroatoms. The van der Waals surface area contributed by atoms with Crippen molar-refractivity contribution in [1.82, 2.24) is 9.47 Å². The SMILES string of the molecule is O=C(O)c1ccc2c(C3CCCCC3)c3n(c2c1)CCN(CCN1CC=CCC1)c1ccccc1-3. The molecule has 1 fully saturated rings. The van der Waals surface area contributed by atoms with E-state index < -0.39 is 5.97 Å². The molecule has 182 valence electrons. The number of carboxylic acids is 1. The van der Waals surface area contributed by atoms with Gasteiger partial charge in [-0.05, 0) is 48.9 Å². The minimum absolute atomic E-state index is 0.375. The number of carboxylic acid groups (broad SMARTS) is 1. The summed E-state index contributed by atoms with van der Waals surface area (Å²) in [6, 6.07) is 14.7. The van der Waals surface area contributed by atoms with E-state index in [1.165, 1.54) is 60.0 Å².